The van der Waals surface area contributed by atoms with Gasteiger partial charge in [0.05, 0.1) is 23.7 Å². The molecule has 6 nitrogen and oxygen atoms in total. The monoisotopic (exact) mass is 381 g/mol. The SMILES string of the molecule is NS(=O)(=O)c1cc(C(=O)OC2CCOCC2)c(F)cc1Br. The Morgan fingerprint density at radius 2 is 2.00 bits per heavy atom. The molecule has 1 heterocycles. The van der Waals surface area contributed by atoms with Gasteiger partial charge in [0.25, 0.3) is 0 Å². The largest absolute Gasteiger partial charge is 0.459 e. The van der Waals surface area contributed by atoms with Gasteiger partial charge in [0.2, 0.25) is 10.0 Å². The molecule has 0 atom stereocenters. The molecule has 1 aromatic carbocycles. The topological polar surface area (TPSA) is 95.7 Å². The van der Waals surface area contributed by atoms with Crippen LogP contribution in [0.15, 0.2) is 21.5 Å². The fourth-order valence-electron chi connectivity index (χ4n) is 1.91. The maximum absolute atomic E-state index is 13.8. The molecular weight excluding hydrogens is 369 g/mol. The van der Waals surface area contributed by atoms with Crippen molar-refractivity contribution in [3.8, 4) is 0 Å². The van der Waals surface area contributed by atoms with E-state index < -0.39 is 27.4 Å². The number of hydrogen-bond donors (Lipinski definition) is 1. The van der Waals surface area contributed by atoms with Crippen molar-refractivity contribution in [1.82, 2.24) is 0 Å². The highest BCUT2D eigenvalue weighted by molar-refractivity contribution is 9.10. The summed E-state index contributed by atoms with van der Waals surface area (Å²) >= 11 is 2.90. The predicted molar refractivity (Wildman–Crippen MR) is 74.7 cm³/mol. The van der Waals surface area contributed by atoms with E-state index in [1.807, 2.05) is 0 Å². The molecule has 0 bridgehead atoms. The molecule has 0 spiro atoms. The number of rotatable bonds is 3. The maximum Gasteiger partial charge on any atom is 0.341 e. The lowest BCUT2D eigenvalue weighted by atomic mass is 10.1. The van der Waals surface area contributed by atoms with Crippen LogP contribution in [-0.4, -0.2) is 33.7 Å². The summed E-state index contributed by atoms with van der Waals surface area (Å²) in [5.41, 5.74) is -0.464. The second-order valence-electron chi connectivity index (χ2n) is 4.52. The van der Waals surface area contributed by atoms with Crippen molar-refractivity contribution < 1.29 is 27.1 Å². The number of carbonyl (C=O) groups is 1. The molecule has 0 saturated carbocycles. The van der Waals surface area contributed by atoms with Gasteiger partial charge < -0.3 is 9.47 Å². The average molecular weight is 382 g/mol. The lowest BCUT2D eigenvalue weighted by molar-refractivity contribution is -0.0162. The normalized spacial score (nSPS) is 16.7. The van der Waals surface area contributed by atoms with E-state index >= 15 is 0 Å². The van der Waals surface area contributed by atoms with Crippen molar-refractivity contribution in [2.75, 3.05) is 13.2 Å². The highest BCUT2D eigenvalue weighted by Crippen LogP contribution is 2.25. The third kappa shape index (κ3) is 4.00. The van der Waals surface area contributed by atoms with E-state index in [1.165, 1.54) is 0 Å². The summed E-state index contributed by atoms with van der Waals surface area (Å²) in [5.74, 6) is -1.80. The minimum atomic E-state index is -4.08. The molecule has 21 heavy (non-hydrogen) atoms. The molecule has 0 radical (unpaired) electrons. The van der Waals surface area contributed by atoms with Crippen LogP contribution in [0.3, 0.4) is 0 Å². The zero-order valence-electron chi connectivity index (χ0n) is 10.8. The van der Waals surface area contributed by atoms with E-state index in [0.29, 0.717) is 26.1 Å². The molecule has 0 unspecified atom stereocenters. The lowest BCUT2D eigenvalue weighted by Crippen LogP contribution is -2.26. The Morgan fingerprint density at radius 1 is 1.38 bits per heavy atom. The summed E-state index contributed by atoms with van der Waals surface area (Å²) in [5, 5.41) is 5.01. The van der Waals surface area contributed by atoms with Crippen molar-refractivity contribution >= 4 is 31.9 Å². The van der Waals surface area contributed by atoms with Gasteiger partial charge in [-0.2, -0.15) is 0 Å². The second kappa shape index (κ2) is 6.39. The Kier molecular flexibility index (Phi) is 4.97. The molecule has 9 heteroatoms. The molecule has 0 aliphatic carbocycles. The predicted octanol–water partition coefficient (Wildman–Crippen LogP) is 1.57. The Labute approximate surface area is 129 Å². The van der Waals surface area contributed by atoms with E-state index in [0.717, 1.165) is 12.1 Å². The quantitative estimate of drug-likeness (QED) is 0.801. The fourth-order valence-corrected chi connectivity index (χ4v) is 3.52. The minimum Gasteiger partial charge on any atom is -0.459 e. The molecule has 0 aromatic heterocycles. The number of ether oxygens (including phenoxy) is 2. The second-order valence-corrected chi connectivity index (χ2v) is 6.91. The van der Waals surface area contributed by atoms with E-state index in [9.17, 15) is 17.6 Å². The molecule has 2 N–H and O–H groups in total. The van der Waals surface area contributed by atoms with Crippen molar-refractivity contribution in [2.24, 2.45) is 5.14 Å². The van der Waals surface area contributed by atoms with Crippen LogP contribution in [0.2, 0.25) is 0 Å². The first-order valence-electron chi connectivity index (χ1n) is 6.09. The number of halogens is 2. The van der Waals surface area contributed by atoms with Crippen LogP contribution in [0.5, 0.6) is 0 Å². The summed E-state index contributed by atoms with van der Waals surface area (Å²) in [6, 6.07) is 1.75. The standard InChI is InChI=1S/C12H13BrFNO5S/c13-9-6-10(14)8(5-11(9)21(15,17)18)12(16)20-7-1-3-19-4-2-7/h5-7H,1-4H2,(H2,15,17,18). The third-order valence-corrected chi connectivity index (χ3v) is 4.86. The summed E-state index contributed by atoms with van der Waals surface area (Å²) < 4.78 is 46.8. The molecule has 1 aromatic rings. The molecule has 0 amide bonds. The number of primary sulfonamides is 1. The Hall–Kier alpha value is -1.03. The number of carbonyl (C=O) groups excluding carboxylic acids is 1. The van der Waals surface area contributed by atoms with Crippen molar-refractivity contribution in [2.45, 2.75) is 23.8 Å². The van der Waals surface area contributed by atoms with Crippen LogP contribution in [0.4, 0.5) is 4.39 Å². The summed E-state index contributed by atoms with van der Waals surface area (Å²) in [6.45, 7) is 0.923. The van der Waals surface area contributed by atoms with Gasteiger partial charge >= 0.3 is 5.97 Å². The van der Waals surface area contributed by atoms with Gasteiger partial charge in [0, 0.05) is 17.3 Å². The van der Waals surface area contributed by atoms with E-state index in [4.69, 9.17) is 14.6 Å². The Morgan fingerprint density at radius 3 is 2.57 bits per heavy atom. The van der Waals surface area contributed by atoms with Gasteiger partial charge in [-0.3, -0.25) is 0 Å². The van der Waals surface area contributed by atoms with Gasteiger partial charge in [-0.05, 0) is 28.1 Å². The first-order valence-corrected chi connectivity index (χ1v) is 8.43. The zero-order chi connectivity index (χ0) is 15.6. The van der Waals surface area contributed by atoms with Gasteiger partial charge in [-0.25, -0.2) is 22.7 Å². The Balaban J connectivity index is 2.28. The smallest absolute Gasteiger partial charge is 0.341 e. The first kappa shape index (κ1) is 16.3. The molecule has 116 valence electrons. The highest BCUT2D eigenvalue weighted by atomic mass is 79.9. The molecule has 2 rings (SSSR count). The van der Waals surface area contributed by atoms with Crippen molar-refractivity contribution in [1.29, 1.82) is 0 Å². The number of benzene rings is 1. The fraction of sp³-hybridized carbons (Fsp3) is 0.417. The summed E-state index contributed by atoms with van der Waals surface area (Å²) in [4.78, 5) is 11.6. The summed E-state index contributed by atoms with van der Waals surface area (Å²) in [6.07, 6.45) is 0.671. The van der Waals surface area contributed by atoms with Gasteiger partial charge in [-0.15, -0.1) is 0 Å². The number of sulfonamides is 1. The lowest BCUT2D eigenvalue weighted by Gasteiger charge is -2.22. The van der Waals surface area contributed by atoms with E-state index in [-0.39, 0.29) is 15.5 Å². The highest BCUT2D eigenvalue weighted by Gasteiger charge is 2.24. The van der Waals surface area contributed by atoms with E-state index in [2.05, 4.69) is 15.9 Å². The zero-order valence-corrected chi connectivity index (χ0v) is 13.2. The van der Waals surface area contributed by atoms with Crippen LogP contribution in [0, 0.1) is 5.82 Å². The van der Waals surface area contributed by atoms with Gasteiger partial charge in [0.15, 0.2) is 0 Å². The molecule has 1 aliphatic rings. The number of esters is 1. The van der Waals surface area contributed by atoms with Crippen LogP contribution in [0.25, 0.3) is 0 Å². The van der Waals surface area contributed by atoms with Crippen LogP contribution >= 0.6 is 15.9 Å². The van der Waals surface area contributed by atoms with Gasteiger partial charge in [0.1, 0.15) is 11.9 Å². The van der Waals surface area contributed by atoms with Crippen molar-refractivity contribution in [3.05, 3.63) is 28.0 Å². The summed E-state index contributed by atoms with van der Waals surface area (Å²) in [7, 11) is -4.08. The average Bonchev–Trinajstić information content (AvgIpc) is 2.38. The molecule has 1 aliphatic heterocycles. The number of hydrogen-bond acceptors (Lipinski definition) is 5. The van der Waals surface area contributed by atoms with Gasteiger partial charge in [-0.1, -0.05) is 0 Å². The van der Waals surface area contributed by atoms with E-state index in [1.54, 1.807) is 0 Å². The third-order valence-electron chi connectivity index (χ3n) is 2.99. The van der Waals surface area contributed by atoms with Crippen LogP contribution in [0.1, 0.15) is 23.2 Å². The molecule has 1 saturated heterocycles. The van der Waals surface area contributed by atoms with Crippen LogP contribution in [-0.2, 0) is 19.5 Å². The maximum atomic E-state index is 13.8. The Bertz CT molecular complexity index is 658. The number of nitrogens with two attached hydrogens (primary N) is 1. The molecular formula is C12H13BrFNO5S. The minimum absolute atomic E-state index is 0.0508. The van der Waals surface area contributed by atoms with Crippen LogP contribution < -0.4 is 5.14 Å². The first-order chi connectivity index (χ1) is 9.79. The van der Waals surface area contributed by atoms with Crippen molar-refractivity contribution in [3.63, 3.8) is 0 Å². The molecule has 1 fully saturated rings.